The highest BCUT2D eigenvalue weighted by atomic mass is 16.7. The van der Waals surface area contributed by atoms with Crippen molar-refractivity contribution in [3.8, 4) is 0 Å². The van der Waals surface area contributed by atoms with Gasteiger partial charge in [0, 0.05) is 32.6 Å². The molecule has 3 rings (SSSR count). The second-order valence-corrected chi connectivity index (χ2v) is 8.53. The first-order valence-corrected chi connectivity index (χ1v) is 9.72. The van der Waals surface area contributed by atoms with Gasteiger partial charge in [0.05, 0.1) is 11.2 Å². The minimum Gasteiger partial charge on any atom is -0.400 e. The maximum absolute atomic E-state index is 11.8. The Bertz CT molecular complexity index is 816. The van der Waals surface area contributed by atoms with Crippen molar-refractivity contribution < 1.29 is 18.9 Å². The van der Waals surface area contributed by atoms with E-state index in [1.807, 2.05) is 45.9 Å². The molecule has 0 atom stereocenters. The summed E-state index contributed by atoms with van der Waals surface area (Å²) in [6.07, 6.45) is 2.85. The standard InChI is InChI=1S/C21H29BN2O4/c1-14(25)23-13-18(22-27-20(3,4)21(5,6)28-22)12-16-7-8-19-17(11-16)9-10-24(19)15(2)26/h7-8,11-12H,9-10,13H2,1-6H3,(H,23,25). The SMILES string of the molecule is CC(=O)NCC(=Cc1ccc2c(c1)CCN2C(C)=O)B1OC(C)(C)C(C)(C)O1. The average molecular weight is 384 g/mol. The fourth-order valence-electron chi connectivity index (χ4n) is 3.48. The molecule has 0 spiro atoms. The molecule has 1 N–H and O–H groups in total. The summed E-state index contributed by atoms with van der Waals surface area (Å²) in [7, 11) is -0.529. The molecule has 2 aliphatic rings. The zero-order chi connectivity index (χ0) is 20.7. The Morgan fingerprint density at radius 2 is 1.82 bits per heavy atom. The van der Waals surface area contributed by atoms with Crippen molar-refractivity contribution in [3.05, 3.63) is 34.8 Å². The molecule has 1 aromatic carbocycles. The molecule has 0 aliphatic carbocycles. The second kappa shape index (κ2) is 7.37. The Hall–Kier alpha value is -2.12. The summed E-state index contributed by atoms with van der Waals surface area (Å²) in [6, 6.07) is 6.06. The monoisotopic (exact) mass is 384 g/mol. The van der Waals surface area contributed by atoms with Crippen LogP contribution in [0.15, 0.2) is 23.7 Å². The predicted octanol–water partition coefficient (Wildman–Crippen LogP) is 2.75. The van der Waals surface area contributed by atoms with Gasteiger partial charge in [0.15, 0.2) is 0 Å². The molecular formula is C21H29BN2O4. The van der Waals surface area contributed by atoms with E-state index in [4.69, 9.17) is 9.31 Å². The van der Waals surface area contributed by atoms with Gasteiger partial charge in [-0.05, 0) is 62.8 Å². The third-order valence-corrected chi connectivity index (χ3v) is 5.83. The van der Waals surface area contributed by atoms with Crippen LogP contribution in [-0.4, -0.2) is 43.2 Å². The average Bonchev–Trinajstić information content (AvgIpc) is 3.09. The summed E-state index contributed by atoms with van der Waals surface area (Å²) in [5.41, 5.74) is 3.08. The maximum Gasteiger partial charge on any atom is 0.492 e. The molecular weight excluding hydrogens is 355 g/mol. The number of rotatable bonds is 4. The van der Waals surface area contributed by atoms with Gasteiger partial charge in [-0.1, -0.05) is 12.1 Å². The number of amides is 2. The summed E-state index contributed by atoms with van der Waals surface area (Å²) in [5.74, 6) is -0.0425. The lowest BCUT2D eigenvalue weighted by Crippen LogP contribution is -2.41. The van der Waals surface area contributed by atoms with E-state index in [9.17, 15) is 9.59 Å². The minimum absolute atomic E-state index is 0.0607. The molecule has 150 valence electrons. The van der Waals surface area contributed by atoms with Crippen molar-refractivity contribution in [3.63, 3.8) is 0 Å². The number of hydrogen-bond acceptors (Lipinski definition) is 4. The third kappa shape index (κ3) is 4.01. The third-order valence-electron chi connectivity index (χ3n) is 5.83. The normalized spacial score (nSPS) is 20.3. The number of nitrogens with one attached hydrogen (secondary N) is 1. The first kappa shape index (κ1) is 20.6. The summed E-state index contributed by atoms with van der Waals surface area (Å²) in [5, 5.41) is 2.85. The smallest absolute Gasteiger partial charge is 0.400 e. The maximum atomic E-state index is 11.8. The molecule has 1 saturated heterocycles. The predicted molar refractivity (Wildman–Crippen MR) is 111 cm³/mol. The van der Waals surface area contributed by atoms with Crippen LogP contribution in [0.2, 0.25) is 0 Å². The molecule has 1 aromatic rings. The number of nitrogens with zero attached hydrogens (tertiary/aromatic N) is 1. The number of benzene rings is 1. The van der Waals surface area contributed by atoms with Crippen LogP contribution in [0.3, 0.4) is 0 Å². The van der Waals surface area contributed by atoms with E-state index in [1.54, 1.807) is 11.8 Å². The van der Waals surface area contributed by atoms with E-state index < -0.39 is 18.3 Å². The molecule has 0 unspecified atom stereocenters. The molecule has 7 heteroatoms. The Kier molecular flexibility index (Phi) is 5.43. The summed E-state index contributed by atoms with van der Waals surface area (Å²) in [4.78, 5) is 25.0. The van der Waals surface area contributed by atoms with Crippen LogP contribution >= 0.6 is 0 Å². The number of anilines is 1. The topological polar surface area (TPSA) is 67.9 Å². The summed E-state index contributed by atoms with van der Waals surface area (Å²) < 4.78 is 12.4. The summed E-state index contributed by atoms with van der Waals surface area (Å²) >= 11 is 0. The van der Waals surface area contributed by atoms with Gasteiger partial charge in [0.2, 0.25) is 11.8 Å². The zero-order valence-electron chi connectivity index (χ0n) is 17.6. The highest BCUT2D eigenvalue weighted by Crippen LogP contribution is 2.39. The van der Waals surface area contributed by atoms with Gasteiger partial charge in [-0.25, -0.2) is 0 Å². The van der Waals surface area contributed by atoms with E-state index in [0.29, 0.717) is 13.1 Å². The molecule has 28 heavy (non-hydrogen) atoms. The quantitative estimate of drug-likeness (QED) is 0.811. The fourth-order valence-corrected chi connectivity index (χ4v) is 3.48. The lowest BCUT2D eigenvalue weighted by Gasteiger charge is -2.32. The molecule has 0 radical (unpaired) electrons. The second-order valence-electron chi connectivity index (χ2n) is 8.53. The Morgan fingerprint density at radius 1 is 1.18 bits per heavy atom. The largest absolute Gasteiger partial charge is 0.492 e. The van der Waals surface area contributed by atoms with Gasteiger partial charge >= 0.3 is 7.12 Å². The molecule has 6 nitrogen and oxygen atoms in total. The van der Waals surface area contributed by atoms with Crippen molar-refractivity contribution in [2.75, 3.05) is 18.0 Å². The van der Waals surface area contributed by atoms with Crippen molar-refractivity contribution in [2.24, 2.45) is 0 Å². The van der Waals surface area contributed by atoms with Gasteiger partial charge in [-0.2, -0.15) is 0 Å². The molecule has 0 aromatic heterocycles. The van der Waals surface area contributed by atoms with E-state index >= 15 is 0 Å². The molecule has 0 saturated carbocycles. The molecule has 2 aliphatic heterocycles. The van der Waals surface area contributed by atoms with Gasteiger partial charge in [-0.15, -0.1) is 0 Å². The lowest BCUT2D eigenvalue weighted by molar-refractivity contribution is -0.119. The van der Waals surface area contributed by atoms with E-state index in [2.05, 4.69) is 11.4 Å². The van der Waals surface area contributed by atoms with Crippen LogP contribution in [-0.2, 0) is 25.3 Å². The molecule has 2 heterocycles. The van der Waals surface area contributed by atoms with Crippen LogP contribution in [0.25, 0.3) is 6.08 Å². The number of fused-ring (bicyclic) bond motifs is 1. The Labute approximate surface area is 167 Å². The fraction of sp³-hybridized carbons (Fsp3) is 0.524. The Morgan fingerprint density at radius 3 is 2.39 bits per heavy atom. The van der Waals surface area contributed by atoms with Crippen LogP contribution in [0.5, 0.6) is 0 Å². The highest BCUT2D eigenvalue weighted by molar-refractivity contribution is 6.56. The molecule has 2 amide bonds. The molecule has 1 fully saturated rings. The highest BCUT2D eigenvalue weighted by Gasteiger charge is 2.52. The summed E-state index contributed by atoms with van der Waals surface area (Å²) in [6.45, 7) is 12.2. The van der Waals surface area contributed by atoms with Crippen molar-refractivity contribution in [1.82, 2.24) is 5.32 Å². The van der Waals surface area contributed by atoms with Crippen LogP contribution in [0.1, 0.15) is 52.7 Å². The number of carbonyl (C=O) groups is 2. The van der Waals surface area contributed by atoms with Crippen LogP contribution < -0.4 is 10.2 Å². The van der Waals surface area contributed by atoms with Crippen molar-refractivity contribution in [2.45, 2.75) is 59.2 Å². The molecule has 0 bridgehead atoms. The van der Waals surface area contributed by atoms with E-state index in [1.165, 1.54) is 6.92 Å². The van der Waals surface area contributed by atoms with Crippen molar-refractivity contribution in [1.29, 1.82) is 0 Å². The van der Waals surface area contributed by atoms with Gasteiger partial charge < -0.3 is 19.5 Å². The van der Waals surface area contributed by atoms with Gasteiger partial charge in [0.25, 0.3) is 0 Å². The van der Waals surface area contributed by atoms with Crippen LogP contribution in [0, 0.1) is 0 Å². The van der Waals surface area contributed by atoms with E-state index in [0.717, 1.165) is 28.7 Å². The van der Waals surface area contributed by atoms with Crippen LogP contribution in [0.4, 0.5) is 5.69 Å². The van der Waals surface area contributed by atoms with Gasteiger partial charge in [-0.3, -0.25) is 9.59 Å². The first-order chi connectivity index (χ1) is 13.0. The van der Waals surface area contributed by atoms with Crippen molar-refractivity contribution >= 4 is 30.7 Å². The number of hydrogen-bond donors (Lipinski definition) is 1. The lowest BCUT2D eigenvalue weighted by atomic mass is 9.77. The minimum atomic E-state index is -0.529. The Balaban J connectivity index is 1.90. The number of carbonyl (C=O) groups excluding carboxylic acids is 2. The van der Waals surface area contributed by atoms with Gasteiger partial charge in [0.1, 0.15) is 0 Å². The van der Waals surface area contributed by atoms with E-state index in [-0.39, 0.29) is 11.8 Å². The first-order valence-electron chi connectivity index (χ1n) is 9.72. The zero-order valence-corrected chi connectivity index (χ0v) is 17.6.